The number of nitrogens with zero attached hydrogens (tertiary/aromatic N) is 6. The van der Waals surface area contributed by atoms with Gasteiger partial charge in [-0.3, -0.25) is 0 Å². The van der Waals surface area contributed by atoms with Crippen LogP contribution in [0, 0.1) is 0 Å². The van der Waals surface area contributed by atoms with Gasteiger partial charge >= 0.3 is 0 Å². The van der Waals surface area contributed by atoms with Gasteiger partial charge in [0.15, 0.2) is 5.82 Å². The maximum Gasteiger partial charge on any atom is 0.204 e. The van der Waals surface area contributed by atoms with E-state index in [0.29, 0.717) is 23.9 Å². The molecule has 0 amide bonds. The Balaban J connectivity index is 1.47. The summed E-state index contributed by atoms with van der Waals surface area (Å²) in [5, 5.41) is 18.9. The third kappa shape index (κ3) is 4.51. The average molecular weight is 424 g/mol. The molecule has 9 heteroatoms. The monoisotopic (exact) mass is 423 g/mol. The van der Waals surface area contributed by atoms with Gasteiger partial charge in [-0.05, 0) is 35.2 Å². The normalized spacial score (nSPS) is 13.3. The summed E-state index contributed by atoms with van der Waals surface area (Å²) in [6, 6.07) is 16.6. The fourth-order valence-corrected chi connectivity index (χ4v) is 3.27. The SMILES string of the molecule is CC(S)(CS)c1ncn(Cc2ccc(Cc3ccccc3-c3nn[nH]n3)cc2)n1. The van der Waals surface area contributed by atoms with Crippen LogP contribution in [0.1, 0.15) is 29.4 Å². The summed E-state index contributed by atoms with van der Waals surface area (Å²) in [6.45, 7) is 2.62. The van der Waals surface area contributed by atoms with E-state index >= 15 is 0 Å². The van der Waals surface area contributed by atoms with Crippen molar-refractivity contribution in [3.63, 3.8) is 0 Å². The Hall–Kier alpha value is -2.65. The van der Waals surface area contributed by atoms with E-state index < -0.39 is 4.75 Å². The second kappa shape index (κ2) is 8.38. The van der Waals surface area contributed by atoms with Crippen LogP contribution in [-0.2, 0) is 17.7 Å². The van der Waals surface area contributed by atoms with Gasteiger partial charge in [0.2, 0.25) is 5.82 Å². The van der Waals surface area contributed by atoms with Crippen molar-refractivity contribution in [2.24, 2.45) is 0 Å². The molecule has 2 heterocycles. The lowest BCUT2D eigenvalue weighted by atomic mass is 9.98. The molecule has 0 spiro atoms. The fraction of sp³-hybridized carbons (Fsp3) is 0.250. The summed E-state index contributed by atoms with van der Waals surface area (Å²) in [6.07, 6.45) is 2.53. The summed E-state index contributed by atoms with van der Waals surface area (Å²) in [4.78, 5) is 4.37. The molecule has 0 saturated heterocycles. The highest BCUT2D eigenvalue weighted by Gasteiger charge is 2.24. The third-order valence-electron chi connectivity index (χ3n) is 4.69. The number of H-pyrrole nitrogens is 1. The Kier molecular flexibility index (Phi) is 5.68. The minimum atomic E-state index is -0.440. The maximum atomic E-state index is 4.58. The number of benzene rings is 2. The molecule has 4 aromatic rings. The van der Waals surface area contributed by atoms with Crippen LogP contribution in [-0.4, -0.2) is 41.1 Å². The first-order valence-corrected chi connectivity index (χ1v) is 10.3. The minimum Gasteiger partial charge on any atom is -0.248 e. The zero-order valence-electron chi connectivity index (χ0n) is 15.9. The number of aromatic nitrogens is 7. The first-order valence-electron chi connectivity index (χ1n) is 9.18. The molecule has 0 saturated carbocycles. The molecule has 0 aliphatic carbocycles. The van der Waals surface area contributed by atoms with Crippen LogP contribution in [0.25, 0.3) is 11.4 Å². The van der Waals surface area contributed by atoms with Gasteiger partial charge in [-0.2, -0.15) is 35.6 Å². The fourth-order valence-electron chi connectivity index (χ4n) is 3.03. The lowest BCUT2D eigenvalue weighted by Gasteiger charge is -2.15. The molecular formula is C20H21N7S2. The van der Waals surface area contributed by atoms with Gasteiger partial charge in [-0.15, -0.1) is 10.2 Å². The molecule has 1 atom stereocenters. The molecular weight excluding hydrogens is 402 g/mol. The zero-order chi connectivity index (χ0) is 20.3. The Morgan fingerprint density at radius 1 is 1.07 bits per heavy atom. The lowest BCUT2D eigenvalue weighted by molar-refractivity contribution is 0.645. The molecule has 7 nitrogen and oxygen atoms in total. The molecule has 0 fully saturated rings. The summed E-state index contributed by atoms with van der Waals surface area (Å²) in [5.41, 5.74) is 4.51. The van der Waals surface area contributed by atoms with Crippen LogP contribution in [0.3, 0.4) is 0 Å². The Morgan fingerprint density at radius 3 is 2.55 bits per heavy atom. The topological polar surface area (TPSA) is 85.2 Å². The highest BCUT2D eigenvalue weighted by Crippen LogP contribution is 2.26. The van der Waals surface area contributed by atoms with Gasteiger partial charge in [-0.25, -0.2) is 9.67 Å². The number of aromatic amines is 1. The van der Waals surface area contributed by atoms with E-state index in [0.717, 1.165) is 23.1 Å². The van der Waals surface area contributed by atoms with Crippen LogP contribution in [0.15, 0.2) is 54.9 Å². The Labute approximate surface area is 179 Å². The molecule has 29 heavy (non-hydrogen) atoms. The molecule has 2 aromatic carbocycles. The van der Waals surface area contributed by atoms with Crippen molar-refractivity contribution in [1.29, 1.82) is 0 Å². The first kappa shape index (κ1) is 19.7. The van der Waals surface area contributed by atoms with Crippen molar-refractivity contribution in [1.82, 2.24) is 35.4 Å². The Morgan fingerprint density at radius 2 is 1.83 bits per heavy atom. The van der Waals surface area contributed by atoms with Crippen LogP contribution < -0.4 is 0 Å². The molecule has 0 aliphatic rings. The van der Waals surface area contributed by atoms with E-state index in [1.54, 1.807) is 6.33 Å². The van der Waals surface area contributed by atoms with Gasteiger partial charge in [-0.1, -0.05) is 48.5 Å². The summed E-state index contributed by atoms with van der Waals surface area (Å²) in [7, 11) is 0. The smallest absolute Gasteiger partial charge is 0.204 e. The van der Waals surface area contributed by atoms with Crippen molar-refractivity contribution in [3.8, 4) is 11.4 Å². The third-order valence-corrected chi connectivity index (χ3v) is 5.93. The van der Waals surface area contributed by atoms with Crippen LogP contribution in [0.4, 0.5) is 0 Å². The maximum absolute atomic E-state index is 4.58. The molecule has 148 valence electrons. The number of tetrazole rings is 1. The standard InChI is InChI=1S/C20H21N7S2/c1-20(29,12-28)19-21-13-27(24-19)11-15-8-6-14(7-9-15)10-16-4-2-3-5-17(16)18-22-25-26-23-18/h2-9,13,28-29H,10-12H2,1H3,(H,22,23,25,26). The quantitative estimate of drug-likeness (QED) is 0.398. The van der Waals surface area contributed by atoms with Gasteiger partial charge in [0.05, 0.1) is 11.3 Å². The number of hydrogen-bond donors (Lipinski definition) is 3. The molecule has 0 bridgehead atoms. The number of nitrogens with one attached hydrogen (secondary N) is 1. The van der Waals surface area contributed by atoms with Gasteiger partial charge in [0.1, 0.15) is 6.33 Å². The molecule has 1 unspecified atom stereocenters. The second-order valence-corrected chi connectivity index (χ2v) is 8.39. The zero-order valence-corrected chi connectivity index (χ0v) is 17.7. The second-order valence-electron chi connectivity index (χ2n) is 7.08. The molecule has 1 N–H and O–H groups in total. The predicted octanol–water partition coefficient (Wildman–Crippen LogP) is 3.17. The van der Waals surface area contributed by atoms with Crippen molar-refractivity contribution in [2.75, 3.05) is 5.75 Å². The van der Waals surface area contributed by atoms with Crippen LogP contribution in [0.5, 0.6) is 0 Å². The van der Waals surface area contributed by atoms with E-state index in [9.17, 15) is 0 Å². The molecule has 2 aromatic heterocycles. The largest absolute Gasteiger partial charge is 0.248 e. The van der Waals surface area contributed by atoms with E-state index in [2.05, 4.69) is 86.3 Å². The minimum absolute atomic E-state index is 0.440. The van der Waals surface area contributed by atoms with Crippen molar-refractivity contribution >= 4 is 25.3 Å². The molecule has 0 aliphatic heterocycles. The lowest BCUT2D eigenvalue weighted by Crippen LogP contribution is -2.18. The van der Waals surface area contributed by atoms with E-state index in [-0.39, 0.29) is 0 Å². The van der Waals surface area contributed by atoms with Gasteiger partial charge < -0.3 is 0 Å². The van der Waals surface area contributed by atoms with Gasteiger partial charge in [0.25, 0.3) is 0 Å². The molecule has 4 rings (SSSR count). The van der Waals surface area contributed by atoms with E-state index in [4.69, 9.17) is 0 Å². The van der Waals surface area contributed by atoms with Crippen molar-refractivity contribution < 1.29 is 0 Å². The van der Waals surface area contributed by atoms with Crippen LogP contribution in [0.2, 0.25) is 0 Å². The first-order chi connectivity index (χ1) is 14.0. The summed E-state index contributed by atoms with van der Waals surface area (Å²) >= 11 is 8.90. The highest BCUT2D eigenvalue weighted by atomic mass is 32.1. The van der Waals surface area contributed by atoms with E-state index in [1.807, 2.05) is 29.8 Å². The highest BCUT2D eigenvalue weighted by molar-refractivity contribution is 7.85. The predicted molar refractivity (Wildman–Crippen MR) is 118 cm³/mol. The Bertz CT molecular complexity index is 1070. The number of rotatable bonds is 7. The van der Waals surface area contributed by atoms with Crippen molar-refractivity contribution in [3.05, 3.63) is 77.4 Å². The average Bonchev–Trinajstić information content (AvgIpc) is 3.42. The number of hydrogen-bond acceptors (Lipinski definition) is 7. The molecule has 0 radical (unpaired) electrons. The summed E-state index contributed by atoms with van der Waals surface area (Å²) in [5.74, 6) is 1.86. The van der Waals surface area contributed by atoms with Crippen molar-refractivity contribution in [2.45, 2.75) is 24.6 Å². The van der Waals surface area contributed by atoms with Gasteiger partial charge in [0, 0.05) is 11.3 Å². The summed E-state index contributed by atoms with van der Waals surface area (Å²) < 4.78 is 1.39. The van der Waals surface area contributed by atoms with Crippen LogP contribution >= 0.6 is 25.3 Å². The number of thiol groups is 2. The van der Waals surface area contributed by atoms with E-state index in [1.165, 1.54) is 5.56 Å².